The number of anilines is 3. The summed E-state index contributed by atoms with van der Waals surface area (Å²) in [7, 11) is 0. The molecule has 300 valence electrons. The van der Waals surface area contributed by atoms with Gasteiger partial charge in [-0.25, -0.2) is 0 Å². The third kappa shape index (κ3) is 5.63. The minimum atomic E-state index is -1.45. The summed E-state index contributed by atoms with van der Waals surface area (Å²) in [6.45, 7) is 0. The average Bonchev–Trinajstić information content (AvgIpc) is 1.50. The first kappa shape index (κ1) is 14.8. The molecule has 0 N–H and O–H groups in total. The largest absolute Gasteiger partial charge is 0.455 e. The molecule has 4 nitrogen and oxygen atoms in total. The van der Waals surface area contributed by atoms with E-state index in [-0.39, 0.29) is 4.90 Å². The summed E-state index contributed by atoms with van der Waals surface area (Å²) in [5.41, 5.74) is -15.8. The van der Waals surface area contributed by atoms with Crippen LogP contribution in [0.25, 0.3) is 105 Å². The normalized spacial score (nSPS) is 20.1. The zero-order chi connectivity index (χ0) is 75.2. The Kier molecular flexibility index (Phi) is 3.35. The lowest BCUT2D eigenvalue weighted by Crippen LogP contribution is -2.10. The highest BCUT2D eigenvalue weighted by Crippen LogP contribution is 2.48. The van der Waals surface area contributed by atoms with E-state index in [1.165, 1.54) is 0 Å². The second kappa shape index (κ2) is 14.5. The van der Waals surface area contributed by atoms with Gasteiger partial charge in [-0.15, -0.1) is 0 Å². The number of nitrogens with zero attached hydrogens (tertiary/aromatic N) is 2. The van der Waals surface area contributed by atoms with Crippen LogP contribution in [0.15, 0.2) is 238 Å². The van der Waals surface area contributed by atoms with Crippen LogP contribution < -0.4 is 4.90 Å². The van der Waals surface area contributed by atoms with Gasteiger partial charge < -0.3 is 18.3 Å². The van der Waals surface area contributed by atoms with Gasteiger partial charge in [-0.2, -0.15) is 0 Å². The Morgan fingerprint density at radius 1 is 0.344 bits per heavy atom. The molecule has 64 heavy (non-hydrogen) atoms. The van der Waals surface area contributed by atoms with Crippen LogP contribution in [0.4, 0.5) is 17.1 Å². The predicted octanol–water partition coefficient (Wildman–Crippen LogP) is 17.1. The van der Waals surface area contributed by atoms with Crippen LogP contribution >= 0.6 is 0 Å². The van der Waals surface area contributed by atoms with Crippen LogP contribution in [-0.4, -0.2) is 4.57 Å². The minimum absolute atomic E-state index is 0.284. The lowest BCUT2D eigenvalue weighted by atomic mass is 9.97. The summed E-state index contributed by atoms with van der Waals surface area (Å²) in [4.78, 5) is 0.284. The molecule has 0 aliphatic heterocycles. The molecule has 0 fully saturated rings. The van der Waals surface area contributed by atoms with Crippen LogP contribution in [0.5, 0.6) is 0 Å². The maximum Gasteiger partial charge on any atom is 0.145 e. The molecule has 13 aromatic rings. The molecular weight excluding hydrogens is 781 g/mol. The zero-order valence-electron chi connectivity index (χ0n) is 69.7. The van der Waals surface area contributed by atoms with E-state index in [1.54, 1.807) is 0 Å². The highest BCUT2D eigenvalue weighted by Gasteiger charge is 2.24. The second-order valence-corrected chi connectivity index (χ2v) is 13.5. The van der Waals surface area contributed by atoms with Crippen LogP contribution in [0, 0.1) is 0 Å². The molecule has 13 rings (SSSR count). The van der Waals surface area contributed by atoms with Crippen molar-refractivity contribution in [3.63, 3.8) is 0 Å². The summed E-state index contributed by atoms with van der Waals surface area (Å²) < 4.78 is 363. The van der Waals surface area contributed by atoms with E-state index >= 15 is 0 Å². The fourth-order valence-corrected chi connectivity index (χ4v) is 7.41. The second-order valence-electron chi connectivity index (χ2n) is 13.5. The molecule has 0 radical (unpaired) electrons. The van der Waals surface area contributed by atoms with E-state index in [0.717, 1.165) is 0 Å². The molecule has 0 aliphatic rings. The van der Waals surface area contributed by atoms with Gasteiger partial charge in [-0.3, -0.25) is 0 Å². The number of hydrogen-bond donors (Lipinski definition) is 0. The molecular formula is C60H38N2O2. The Balaban J connectivity index is 1.27. The van der Waals surface area contributed by atoms with Gasteiger partial charge in [0, 0.05) is 55.0 Å². The number of para-hydroxylation sites is 6. The Morgan fingerprint density at radius 2 is 0.859 bits per heavy atom. The number of fused-ring (bicyclic) bond motifs is 9. The fraction of sp³-hybridized carbons (Fsp3) is 0. The first-order chi connectivity index (χ1) is 47.6. The molecule has 4 heteroatoms. The molecule has 0 aliphatic carbocycles. The van der Waals surface area contributed by atoms with E-state index in [1.807, 2.05) is 0 Å². The molecule has 0 unspecified atom stereocenters. The van der Waals surface area contributed by atoms with Crippen molar-refractivity contribution in [2.75, 3.05) is 4.90 Å². The van der Waals surface area contributed by atoms with Gasteiger partial charge in [0.05, 0.1) is 79.9 Å². The van der Waals surface area contributed by atoms with Crippen LogP contribution in [0.3, 0.4) is 0 Å². The van der Waals surface area contributed by atoms with Crippen molar-refractivity contribution in [2.24, 2.45) is 0 Å². The summed E-state index contributed by atoms with van der Waals surface area (Å²) in [6, 6.07) is -42.1. The van der Waals surface area contributed by atoms with Crippen molar-refractivity contribution in [1.82, 2.24) is 4.57 Å². The number of furan rings is 2. The van der Waals surface area contributed by atoms with Crippen molar-refractivity contribution >= 4 is 82.7 Å². The van der Waals surface area contributed by atoms with Gasteiger partial charge in [0.15, 0.2) is 0 Å². The molecule has 0 saturated heterocycles. The Morgan fingerprint density at radius 3 is 1.58 bits per heavy atom. The fourth-order valence-electron chi connectivity index (χ4n) is 7.41. The third-order valence-electron chi connectivity index (χ3n) is 10.1. The maximum absolute atomic E-state index is 10.4. The molecule has 0 amide bonds. The molecule has 10 aromatic carbocycles. The Hall–Kier alpha value is -8.60. The lowest BCUT2D eigenvalue weighted by molar-refractivity contribution is 0.669. The number of benzene rings is 10. The number of aromatic nitrogens is 1. The molecule has 0 bridgehead atoms. The summed E-state index contributed by atoms with van der Waals surface area (Å²) in [6.07, 6.45) is 0. The smallest absolute Gasteiger partial charge is 0.145 e. The van der Waals surface area contributed by atoms with Gasteiger partial charge in [0.2, 0.25) is 0 Å². The van der Waals surface area contributed by atoms with E-state index in [2.05, 4.69) is 0 Å². The van der Waals surface area contributed by atoms with Crippen LogP contribution in [-0.2, 0) is 0 Å². The summed E-state index contributed by atoms with van der Waals surface area (Å²) >= 11 is 0. The average molecular weight is 857 g/mol. The zero-order valence-corrected chi connectivity index (χ0v) is 31.7. The Labute approximate surface area is 422 Å². The first-order valence-electron chi connectivity index (χ1n) is 37.7. The summed E-state index contributed by atoms with van der Waals surface area (Å²) in [5.74, 6) is 0. The molecule has 0 spiro atoms. The van der Waals surface area contributed by atoms with Crippen LogP contribution in [0.2, 0.25) is 0 Å². The first-order valence-corrected chi connectivity index (χ1v) is 18.7. The van der Waals surface area contributed by atoms with Crippen molar-refractivity contribution in [2.45, 2.75) is 0 Å². The van der Waals surface area contributed by atoms with Gasteiger partial charge in [-0.1, -0.05) is 163 Å². The quantitative estimate of drug-likeness (QED) is 0.160. The van der Waals surface area contributed by atoms with E-state index in [9.17, 15) is 23.3 Å². The molecule has 0 atom stereocenters. The topological polar surface area (TPSA) is 34.5 Å². The highest BCUT2D eigenvalue weighted by atomic mass is 16.3. The van der Waals surface area contributed by atoms with Crippen molar-refractivity contribution in [3.05, 3.63) is 230 Å². The van der Waals surface area contributed by atoms with Gasteiger partial charge in [0.1, 0.15) is 22.3 Å². The van der Waals surface area contributed by atoms with Crippen molar-refractivity contribution < 1.29 is 60.9 Å². The van der Waals surface area contributed by atoms with Gasteiger partial charge >= 0.3 is 0 Å². The predicted molar refractivity (Wildman–Crippen MR) is 266 cm³/mol. The van der Waals surface area contributed by atoms with Gasteiger partial charge in [-0.05, 0) is 83.2 Å². The van der Waals surface area contributed by atoms with E-state index < -0.39 is 351 Å². The third-order valence-corrected chi connectivity index (χ3v) is 10.1. The SMILES string of the molecule is [2H]c1c([2H])c([2H])c(-c2c([2H])c([2H])c(N(c3c([2H])c([2H])c(-c4c([2H])c([2H])c([2H])c5c4oc4c([2H])c([2H])c([2H])c([2H])c45)c([2H])c3[2H])c3c([2H])c([2H])c(-c4c([2H])c([2H])c([2H])c([2H])c4-n4c5c([2H])c([2H])c([2H])c([2H])c5c5c([2H])c([2H])c([2H])c([2H])c54)c4oc5c([2H])c([2H])c([2H])c([2H])c5c34)c([2H])c2[2H])c([2H])c1[2H]. The van der Waals surface area contributed by atoms with E-state index in [4.69, 9.17) is 37.6 Å². The van der Waals surface area contributed by atoms with E-state index in [0.29, 0.717) is 4.57 Å². The van der Waals surface area contributed by atoms with Gasteiger partial charge in [0.25, 0.3) is 0 Å². The minimum Gasteiger partial charge on any atom is -0.455 e. The highest BCUT2D eigenvalue weighted by molar-refractivity contribution is 6.18. The van der Waals surface area contributed by atoms with Crippen molar-refractivity contribution in [3.8, 4) is 39.1 Å². The standard InChI is InChI=1S/C60H38N2O2/c1-2-15-39(16-3-1)40-29-33-42(34-30-40)61(43-35-31-41(32-36-43)44-22-14-23-49-48-20-7-12-27-56(48)63-59(44)49)55-38-37-50(60-58(55)51-21-8-13-28-57(51)64-60)47-19-6-11-26-54(47)62-52-24-9-4-17-45(52)46-18-5-10-25-53(46)62/h1-38H/i1D,2D,3D,4D,5D,6D,7D,8D,9D,10D,11D,12D,13D,14D,15D,16D,17D,18D,19D,20D,21D,22D,23D,24D,25D,26D,27D,28D,29D,30D,31D,32D,33D,34D,35D,36D,37D,38D. The molecule has 3 heterocycles. The number of rotatable bonds is 7. The lowest BCUT2D eigenvalue weighted by Gasteiger charge is -2.27. The molecule has 3 aromatic heterocycles. The van der Waals surface area contributed by atoms with Crippen LogP contribution in [0.1, 0.15) is 52.1 Å². The monoisotopic (exact) mass is 857 g/mol. The molecule has 0 saturated carbocycles. The summed E-state index contributed by atoms with van der Waals surface area (Å²) in [5, 5.41) is -4.26. The number of hydrogen-bond acceptors (Lipinski definition) is 3. The Bertz CT molecular complexity index is 6030. The van der Waals surface area contributed by atoms with Crippen molar-refractivity contribution in [1.29, 1.82) is 0 Å². The maximum atomic E-state index is 10.4.